The highest BCUT2D eigenvalue weighted by Gasteiger charge is 2.15. The summed E-state index contributed by atoms with van der Waals surface area (Å²) in [6.07, 6.45) is 1.23. The van der Waals surface area contributed by atoms with E-state index in [2.05, 4.69) is 10.2 Å². The number of hydrogen-bond donors (Lipinski definition) is 1. The fraction of sp³-hybridized carbons (Fsp3) is 0.176. The van der Waals surface area contributed by atoms with Crippen LogP contribution < -0.4 is 0 Å². The lowest BCUT2D eigenvalue weighted by Gasteiger charge is -2.11. The van der Waals surface area contributed by atoms with E-state index in [1.807, 2.05) is 6.92 Å². The summed E-state index contributed by atoms with van der Waals surface area (Å²) in [6, 6.07) is 6.16. The average Bonchev–Trinajstić information content (AvgIpc) is 2.93. The van der Waals surface area contributed by atoms with Crippen molar-refractivity contribution in [3.8, 4) is 11.1 Å². The Labute approximate surface area is 126 Å². The first-order valence-electron chi connectivity index (χ1n) is 6.97. The zero-order valence-electron chi connectivity index (χ0n) is 12.2. The highest BCUT2D eigenvalue weighted by atomic mass is 19.1. The molecule has 3 rings (SSSR count). The van der Waals surface area contributed by atoms with Crippen molar-refractivity contribution in [1.82, 2.24) is 10.2 Å². The molecule has 0 aliphatic rings. The molecule has 0 unspecified atom stereocenters. The molecule has 0 aliphatic carbocycles. The molecule has 0 radical (unpaired) electrons. The summed E-state index contributed by atoms with van der Waals surface area (Å²) >= 11 is 0. The van der Waals surface area contributed by atoms with E-state index in [1.54, 1.807) is 19.1 Å². The van der Waals surface area contributed by atoms with E-state index in [-0.39, 0.29) is 16.9 Å². The highest BCUT2D eigenvalue weighted by molar-refractivity contribution is 5.97. The monoisotopic (exact) mass is 300 g/mol. The Kier molecular flexibility index (Phi) is 3.48. The number of aryl methyl sites for hydroxylation is 2. The predicted octanol–water partition coefficient (Wildman–Crippen LogP) is 4.19. The Balaban J connectivity index is 2.27. The molecule has 22 heavy (non-hydrogen) atoms. The fourth-order valence-electron chi connectivity index (χ4n) is 2.67. The van der Waals surface area contributed by atoms with Gasteiger partial charge in [0.05, 0.1) is 10.9 Å². The molecule has 5 heteroatoms. The standard InChI is InChI=1S/C17H14F2N2O/c1-3-10-4-9(2)13(18)7-12(10)11-5-14(19)17-15(6-11)20-21-16(17)8-22/h4-8H,3H2,1-2H3,(H,20,21). The molecular weight excluding hydrogens is 286 g/mol. The number of fused-ring (bicyclic) bond motifs is 1. The summed E-state index contributed by atoms with van der Waals surface area (Å²) in [4.78, 5) is 10.9. The number of aldehydes is 1. The van der Waals surface area contributed by atoms with Gasteiger partial charge in [-0.15, -0.1) is 0 Å². The summed E-state index contributed by atoms with van der Waals surface area (Å²) < 4.78 is 28.2. The molecule has 3 aromatic rings. The minimum Gasteiger partial charge on any atom is -0.296 e. The molecule has 0 saturated carbocycles. The van der Waals surface area contributed by atoms with Crippen molar-refractivity contribution in [1.29, 1.82) is 0 Å². The van der Waals surface area contributed by atoms with Gasteiger partial charge in [-0.05, 0) is 53.8 Å². The molecule has 1 heterocycles. The molecule has 2 aromatic carbocycles. The molecule has 0 fully saturated rings. The van der Waals surface area contributed by atoms with Gasteiger partial charge in [0.25, 0.3) is 0 Å². The summed E-state index contributed by atoms with van der Waals surface area (Å²) in [5, 5.41) is 6.60. The van der Waals surface area contributed by atoms with Crippen LogP contribution in [0.3, 0.4) is 0 Å². The second-order valence-electron chi connectivity index (χ2n) is 5.22. The van der Waals surface area contributed by atoms with Crippen LogP contribution in [0.5, 0.6) is 0 Å². The molecule has 0 aliphatic heterocycles. The molecule has 0 saturated heterocycles. The van der Waals surface area contributed by atoms with Gasteiger partial charge in [-0.3, -0.25) is 9.89 Å². The van der Waals surface area contributed by atoms with Crippen LogP contribution in [0.25, 0.3) is 22.0 Å². The molecule has 3 nitrogen and oxygen atoms in total. The average molecular weight is 300 g/mol. The molecular formula is C17H14F2N2O. The van der Waals surface area contributed by atoms with Gasteiger partial charge in [0.2, 0.25) is 0 Å². The molecule has 112 valence electrons. The molecule has 1 aromatic heterocycles. The van der Waals surface area contributed by atoms with Crippen LogP contribution in [0.2, 0.25) is 0 Å². The van der Waals surface area contributed by atoms with Gasteiger partial charge >= 0.3 is 0 Å². The molecule has 0 atom stereocenters. The third-order valence-corrected chi connectivity index (χ3v) is 3.83. The number of rotatable bonds is 3. The van der Waals surface area contributed by atoms with Gasteiger partial charge in [0.1, 0.15) is 17.3 Å². The quantitative estimate of drug-likeness (QED) is 0.737. The summed E-state index contributed by atoms with van der Waals surface area (Å²) in [5.74, 6) is -0.880. The number of benzene rings is 2. The number of halogens is 2. The van der Waals surface area contributed by atoms with E-state index < -0.39 is 5.82 Å². The van der Waals surface area contributed by atoms with Crippen LogP contribution in [0.15, 0.2) is 24.3 Å². The Morgan fingerprint density at radius 1 is 1.18 bits per heavy atom. The first-order chi connectivity index (χ1) is 10.5. The molecule has 0 amide bonds. The maximum atomic E-state index is 14.3. The van der Waals surface area contributed by atoms with E-state index in [4.69, 9.17) is 0 Å². The van der Waals surface area contributed by atoms with Gasteiger partial charge in [-0.25, -0.2) is 8.78 Å². The molecule has 1 N–H and O–H groups in total. The van der Waals surface area contributed by atoms with E-state index in [0.717, 1.165) is 5.56 Å². The molecule has 0 bridgehead atoms. The van der Waals surface area contributed by atoms with Crippen molar-refractivity contribution >= 4 is 17.2 Å². The minimum atomic E-state index is -0.550. The number of nitrogens with zero attached hydrogens (tertiary/aromatic N) is 1. The zero-order chi connectivity index (χ0) is 15.9. The van der Waals surface area contributed by atoms with Gasteiger partial charge < -0.3 is 0 Å². The lowest BCUT2D eigenvalue weighted by atomic mass is 9.95. The molecule has 0 spiro atoms. The number of aromatic amines is 1. The van der Waals surface area contributed by atoms with Crippen LogP contribution in [-0.2, 0) is 6.42 Å². The largest absolute Gasteiger partial charge is 0.296 e. The number of nitrogens with one attached hydrogen (secondary N) is 1. The zero-order valence-corrected chi connectivity index (χ0v) is 12.2. The Bertz CT molecular complexity index is 884. The normalized spacial score (nSPS) is 11.1. The Morgan fingerprint density at radius 2 is 1.95 bits per heavy atom. The highest BCUT2D eigenvalue weighted by Crippen LogP contribution is 2.31. The third kappa shape index (κ3) is 2.19. The second-order valence-corrected chi connectivity index (χ2v) is 5.22. The van der Waals surface area contributed by atoms with Crippen molar-refractivity contribution in [2.45, 2.75) is 20.3 Å². The van der Waals surface area contributed by atoms with E-state index in [0.29, 0.717) is 34.9 Å². The topological polar surface area (TPSA) is 45.8 Å². The van der Waals surface area contributed by atoms with Crippen LogP contribution >= 0.6 is 0 Å². The van der Waals surface area contributed by atoms with Crippen LogP contribution in [0.4, 0.5) is 8.78 Å². The van der Waals surface area contributed by atoms with Gasteiger partial charge in [-0.1, -0.05) is 13.0 Å². The Morgan fingerprint density at radius 3 is 2.64 bits per heavy atom. The van der Waals surface area contributed by atoms with Crippen LogP contribution in [0, 0.1) is 18.6 Å². The number of H-pyrrole nitrogens is 1. The fourth-order valence-corrected chi connectivity index (χ4v) is 2.67. The lowest BCUT2D eigenvalue weighted by Crippen LogP contribution is -1.94. The predicted molar refractivity (Wildman–Crippen MR) is 80.9 cm³/mol. The SMILES string of the molecule is CCc1cc(C)c(F)cc1-c1cc(F)c2c(C=O)[nH]nc2c1. The van der Waals surface area contributed by atoms with Gasteiger partial charge in [0, 0.05) is 0 Å². The minimum absolute atomic E-state index is 0.102. The van der Waals surface area contributed by atoms with E-state index in [1.165, 1.54) is 12.1 Å². The maximum Gasteiger partial charge on any atom is 0.168 e. The first kappa shape index (κ1) is 14.4. The van der Waals surface area contributed by atoms with Gasteiger partial charge in [-0.2, -0.15) is 5.10 Å². The number of hydrogen-bond acceptors (Lipinski definition) is 2. The lowest BCUT2D eigenvalue weighted by molar-refractivity contribution is 0.112. The van der Waals surface area contributed by atoms with Crippen LogP contribution in [0.1, 0.15) is 28.5 Å². The van der Waals surface area contributed by atoms with Crippen molar-refractivity contribution in [3.05, 3.63) is 52.7 Å². The summed E-state index contributed by atoms with van der Waals surface area (Å²) in [6.45, 7) is 3.66. The number of carbonyl (C=O) groups is 1. The van der Waals surface area contributed by atoms with Crippen LogP contribution in [-0.4, -0.2) is 16.5 Å². The number of aromatic nitrogens is 2. The summed E-state index contributed by atoms with van der Waals surface area (Å²) in [7, 11) is 0. The number of carbonyl (C=O) groups excluding carboxylic acids is 1. The first-order valence-corrected chi connectivity index (χ1v) is 6.97. The third-order valence-electron chi connectivity index (χ3n) is 3.83. The van der Waals surface area contributed by atoms with E-state index in [9.17, 15) is 13.6 Å². The summed E-state index contributed by atoms with van der Waals surface area (Å²) in [5.41, 5.74) is 3.13. The Hall–Kier alpha value is -2.56. The van der Waals surface area contributed by atoms with Crippen molar-refractivity contribution in [2.24, 2.45) is 0 Å². The van der Waals surface area contributed by atoms with E-state index >= 15 is 0 Å². The van der Waals surface area contributed by atoms with Crippen molar-refractivity contribution in [2.75, 3.05) is 0 Å². The van der Waals surface area contributed by atoms with Gasteiger partial charge in [0.15, 0.2) is 6.29 Å². The smallest absolute Gasteiger partial charge is 0.168 e. The maximum absolute atomic E-state index is 14.3. The van der Waals surface area contributed by atoms with Crippen molar-refractivity contribution in [3.63, 3.8) is 0 Å². The van der Waals surface area contributed by atoms with Crippen molar-refractivity contribution < 1.29 is 13.6 Å². The second kappa shape index (κ2) is 5.33.